The first-order valence-electron chi connectivity index (χ1n) is 6.34. The van der Waals surface area contributed by atoms with E-state index in [0.29, 0.717) is 23.8 Å². The first-order chi connectivity index (χ1) is 10.2. The van der Waals surface area contributed by atoms with E-state index in [1.165, 1.54) is 0 Å². The summed E-state index contributed by atoms with van der Waals surface area (Å²) in [6.45, 7) is 3.17. The summed E-state index contributed by atoms with van der Waals surface area (Å²) in [6, 6.07) is 5.64. The molecule has 0 atom stereocenters. The number of aromatic nitrogens is 2. The molecule has 2 heterocycles. The first kappa shape index (κ1) is 14.1. The lowest BCUT2D eigenvalue weighted by Crippen LogP contribution is -2.30. The largest absolute Gasteiger partial charge is 0.454 e. The summed E-state index contributed by atoms with van der Waals surface area (Å²) in [5, 5.41) is 7.74. The fourth-order valence-corrected chi connectivity index (χ4v) is 2.81. The van der Waals surface area contributed by atoms with Gasteiger partial charge in [-0.1, -0.05) is 17.4 Å². The minimum Gasteiger partial charge on any atom is -0.454 e. The number of nitrogens with zero attached hydrogens (tertiary/aromatic N) is 3. The van der Waals surface area contributed by atoms with Gasteiger partial charge in [-0.15, -0.1) is 10.2 Å². The summed E-state index contributed by atoms with van der Waals surface area (Å²) >= 11 is 6.80. The van der Waals surface area contributed by atoms with E-state index >= 15 is 0 Å². The average molecular weight is 326 g/mol. The van der Waals surface area contributed by atoms with Crippen LogP contribution >= 0.6 is 22.9 Å². The smallest absolute Gasteiger partial charge is 0.285 e. The molecule has 1 aromatic heterocycles. The standard InChI is InChI=1S/C13H12ClN3O3S/c1-2-17(12(18)11-15-16-13(14)21-11)6-8-3-4-9-10(5-8)20-7-19-9/h3-5H,2,6-7H2,1H3. The Kier molecular flexibility index (Phi) is 3.94. The molecule has 2 aromatic rings. The third kappa shape index (κ3) is 2.93. The number of ether oxygens (including phenoxy) is 2. The van der Waals surface area contributed by atoms with Gasteiger partial charge in [0.1, 0.15) is 0 Å². The SMILES string of the molecule is CCN(Cc1ccc2c(c1)OCO2)C(=O)c1nnc(Cl)s1. The number of carbonyl (C=O) groups is 1. The molecular weight excluding hydrogens is 314 g/mol. The van der Waals surface area contributed by atoms with Crippen molar-refractivity contribution in [2.24, 2.45) is 0 Å². The second-order valence-corrected chi connectivity index (χ2v) is 5.93. The molecule has 1 aliphatic rings. The topological polar surface area (TPSA) is 64.6 Å². The number of hydrogen-bond donors (Lipinski definition) is 0. The van der Waals surface area contributed by atoms with Gasteiger partial charge in [-0.05, 0) is 36.2 Å². The molecule has 0 unspecified atom stereocenters. The predicted molar refractivity (Wildman–Crippen MR) is 77.9 cm³/mol. The van der Waals surface area contributed by atoms with E-state index < -0.39 is 0 Å². The van der Waals surface area contributed by atoms with Gasteiger partial charge in [-0.3, -0.25) is 4.79 Å². The zero-order valence-corrected chi connectivity index (χ0v) is 12.8. The van der Waals surface area contributed by atoms with Crippen molar-refractivity contribution in [1.82, 2.24) is 15.1 Å². The molecule has 21 heavy (non-hydrogen) atoms. The van der Waals surface area contributed by atoms with Gasteiger partial charge in [0.15, 0.2) is 11.5 Å². The van der Waals surface area contributed by atoms with Crippen molar-refractivity contribution >= 4 is 28.8 Å². The van der Waals surface area contributed by atoms with Gasteiger partial charge in [0.2, 0.25) is 16.3 Å². The molecule has 0 N–H and O–H groups in total. The third-order valence-corrected chi connectivity index (χ3v) is 4.07. The van der Waals surface area contributed by atoms with Crippen LogP contribution in [0.1, 0.15) is 22.3 Å². The van der Waals surface area contributed by atoms with E-state index in [2.05, 4.69) is 10.2 Å². The lowest BCUT2D eigenvalue weighted by atomic mass is 10.2. The van der Waals surface area contributed by atoms with Gasteiger partial charge in [0.25, 0.3) is 5.91 Å². The maximum absolute atomic E-state index is 12.3. The average Bonchev–Trinajstić information content (AvgIpc) is 3.12. The summed E-state index contributed by atoms with van der Waals surface area (Å²) < 4.78 is 10.9. The Balaban J connectivity index is 1.76. The molecule has 8 heteroatoms. The second-order valence-electron chi connectivity index (χ2n) is 4.37. The monoisotopic (exact) mass is 325 g/mol. The minimum absolute atomic E-state index is 0.181. The molecule has 0 aliphatic carbocycles. The van der Waals surface area contributed by atoms with Gasteiger partial charge < -0.3 is 14.4 Å². The molecule has 0 bridgehead atoms. The van der Waals surface area contributed by atoms with Crippen molar-refractivity contribution in [1.29, 1.82) is 0 Å². The summed E-state index contributed by atoms with van der Waals surface area (Å²) in [6.07, 6.45) is 0. The zero-order chi connectivity index (χ0) is 14.8. The van der Waals surface area contributed by atoms with E-state index in [4.69, 9.17) is 21.1 Å². The van der Waals surface area contributed by atoms with E-state index in [1.54, 1.807) is 4.90 Å². The number of rotatable bonds is 4. The number of fused-ring (bicyclic) bond motifs is 1. The highest BCUT2D eigenvalue weighted by Gasteiger charge is 2.20. The summed E-state index contributed by atoms with van der Waals surface area (Å²) in [5.74, 6) is 1.25. The van der Waals surface area contributed by atoms with Crippen molar-refractivity contribution in [3.05, 3.63) is 33.2 Å². The van der Waals surface area contributed by atoms with Crippen LogP contribution in [0, 0.1) is 0 Å². The molecule has 110 valence electrons. The number of halogens is 1. The molecule has 6 nitrogen and oxygen atoms in total. The number of hydrogen-bond acceptors (Lipinski definition) is 6. The van der Waals surface area contributed by atoms with Crippen molar-refractivity contribution in [3.63, 3.8) is 0 Å². The van der Waals surface area contributed by atoms with Crippen molar-refractivity contribution in [2.75, 3.05) is 13.3 Å². The Bertz CT molecular complexity index is 676. The lowest BCUT2D eigenvalue weighted by molar-refractivity contribution is 0.0751. The van der Waals surface area contributed by atoms with Crippen LogP contribution in [0.25, 0.3) is 0 Å². The second kappa shape index (κ2) is 5.87. The van der Waals surface area contributed by atoms with Crippen LogP contribution in [0.2, 0.25) is 4.47 Å². The maximum atomic E-state index is 12.3. The van der Waals surface area contributed by atoms with Crippen LogP contribution in [0.3, 0.4) is 0 Å². The molecule has 3 rings (SSSR count). The Labute approximate surface area is 130 Å². The zero-order valence-electron chi connectivity index (χ0n) is 11.2. The molecule has 1 aromatic carbocycles. The molecule has 0 saturated heterocycles. The fraction of sp³-hybridized carbons (Fsp3) is 0.308. The van der Waals surface area contributed by atoms with E-state index in [1.807, 2.05) is 25.1 Å². The van der Waals surface area contributed by atoms with E-state index in [-0.39, 0.29) is 17.2 Å². The first-order valence-corrected chi connectivity index (χ1v) is 7.53. The van der Waals surface area contributed by atoms with E-state index in [9.17, 15) is 4.79 Å². The van der Waals surface area contributed by atoms with Crippen LogP contribution < -0.4 is 9.47 Å². The molecule has 1 amide bonds. The Morgan fingerprint density at radius 3 is 2.90 bits per heavy atom. The maximum Gasteiger partial charge on any atom is 0.285 e. The van der Waals surface area contributed by atoms with Crippen LogP contribution in [-0.4, -0.2) is 34.3 Å². The lowest BCUT2D eigenvalue weighted by Gasteiger charge is -2.19. The van der Waals surface area contributed by atoms with Crippen LogP contribution in [0.5, 0.6) is 11.5 Å². The van der Waals surface area contributed by atoms with E-state index in [0.717, 1.165) is 22.6 Å². The highest BCUT2D eigenvalue weighted by molar-refractivity contribution is 7.17. The highest BCUT2D eigenvalue weighted by Crippen LogP contribution is 2.33. The van der Waals surface area contributed by atoms with Crippen LogP contribution in [0.15, 0.2) is 18.2 Å². The van der Waals surface area contributed by atoms with Gasteiger partial charge >= 0.3 is 0 Å². The van der Waals surface area contributed by atoms with Crippen molar-refractivity contribution in [3.8, 4) is 11.5 Å². The Morgan fingerprint density at radius 2 is 2.19 bits per heavy atom. The normalized spacial score (nSPS) is 12.5. The fourth-order valence-electron chi connectivity index (χ4n) is 2.01. The van der Waals surface area contributed by atoms with Gasteiger partial charge in [0.05, 0.1) is 0 Å². The quantitative estimate of drug-likeness (QED) is 0.864. The molecule has 0 spiro atoms. The summed E-state index contributed by atoms with van der Waals surface area (Å²) in [5.41, 5.74) is 0.963. The summed E-state index contributed by atoms with van der Waals surface area (Å²) in [4.78, 5) is 14.0. The Hall–Kier alpha value is -1.86. The third-order valence-electron chi connectivity index (χ3n) is 3.06. The van der Waals surface area contributed by atoms with Crippen LogP contribution in [-0.2, 0) is 6.54 Å². The number of amides is 1. The molecular formula is C13H12ClN3O3S. The van der Waals surface area contributed by atoms with Crippen molar-refractivity contribution in [2.45, 2.75) is 13.5 Å². The number of carbonyl (C=O) groups excluding carboxylic acids is 1. The molecule has 0 radical (unpaired) electrons. The molecule has 0 fully saturated rings. The molecule has 0 saturated carbocycles. The number of benzene rings is 1. The molecule has 1 aliphatic heterocycles. The predicted octanol–water partition coefficient (Wildman–Crippen LogP) is 2.58. The highest BCUT2D eigenvalue weighted by atomic mass is 35.5. The van der Waals surface area contributed by atoms with Crippen molar-refractivity contribution < 1.29 is 14.3 Å². The van der Waals surface area contributed by atoms with Gasteiger partial charge in [-0.25, -0.2) is 0 Å². The van der Waals surface area contributed by atoms with Gasteiger partial charge in [-0.2, -0.15) is 0 Å². The van der Waals surface area contributed by atoms with Crippen LogP contribution in [0.4, 0.5) is 0 Å². The van der Waals surface area contributed by atoms with Gasteiger partial charge in [0, 0.05) is 13.1 Å². The summed E-state index contributed by atoms with van der Waals surface area (Å²) in [7, 11) is 0. The Morgan fingerprint density at radius 1 is 1.38 bits per heavy atom. The minimum atomic E-state index is -0.181.